The molecule has 5 heteroatoms. The van der Waals surface area contributed by atoms with Crippen molar-refractivity contribution in [3.05, 3.63) is 29.6 Å². The van der Waals surface area contributed by atoms with Crippen LogP contribution in [0, 0.1) is 5.82 Å². The molecule has 1 aromatic carbocycles. The van der Waals surface area contributed by atoms with Gasteiger partial charge in [0.1, 0.15) is 0 Å². The van der Waals surface area contributed by atoms with E-state index in [0.717, 1.165) is 31.7 Å². The lowest BCUT2D eigenvalue weighted by atomic mass is 10.1. The lowest BCUT2D eigenvalue weighted by Crippen LogP contribution is -2.51. The highest BCUT2D eigenvalue weighted by atomic mass is 19.1. The number of piperazine rings is 1. The minimum absolute atomic E-state index is 0.137. The highest BCUT2D eigenvalue weighted by Gasteiger charge is 2.17. The summed E-state index contributed by atoms with van der Waals surface area (Å²) in [6.45, 7) is 6.20. The largest absolute Gasteiger partial charge is 0.494 e. The van der Waals surface area contributed by atoms with Crippen LogP contribution < -0.4 is 10.2 Å². The van der Waals surface area contributed by atoms with E-state index in [0.29, 0.717) is 5.75 Å². The van der Waals surface area contributed by atoms with E-state index >= 15 is 0 Å². The molecule has 1 saturated heterocycles. The van der Waals surface area contributed by atoms with Gasteiger partial charge in [-0.25, -0.2) is 14.8 Å². The highest BCUT2D eigenvalue weighted by Crippen LogP contribution is 2.22. The molecule has 0 aliphatic carbocycles. The van der Waals surface area contributed by atoms with Crippen LogP contribution in [0.2, 0.25) is 0 Å². The van der Waals surface area contributed by atoms with Gasteiger partial charge in [0, 0.05) is 32.2 Å². The highest BCUT2D eigenvalue weighted by molar-refractivity contribution is 5.31. The minimum atomic E-state index is -0.321. The van der Waals surface area contributed by atoms with E-state index in [9.17, 15) is 4.39 Å². The Labute approximate surface area is 114 Å². The van der Waals surface area contributed by atoms with E-state index in [1.54, 1.807) is 12.1 Å². The number of likely N-dealkylation sites (N-methyl/N-ethyl adjacent to an activating group) is 1. The van der Waals surface area contributed by atoms with Crippen LogP contribution in [0.5, 0.6) is 5.75 Å². The van der Waals surface area contributed by atoms with E-state index in [2.05, 4.69) is 29.3 Å². The van der Waals surface area contributed by atoms with Gasteiger partial charge in [-0.3, -0.25) is 0 Å². The zero-order chi connectivity index (χ0) is 13.8. The predicted octanol–water partition coefficient (Wildman–Crippen LogP) is 1.65. The number of hydrazine groups is 1. The van der Waals surface area contributed by atoms with Gasteiger partial charge >= 0.3 is 0 Å². The lowest BCUT2D eigenvalue weighted by molar-refractivity contribution is 0.0898. The molecule has 1 heterocycles. The molecule has 1 aliphatic heterocycles. The van der Waals surface area contributed by atoms with Crippen LogP contribution >= 0.6 is 0 Å². The molecule has 0 radical (unpaired) electrons. The van der Waals surface area contributed by atoms with Crippen LogP contribution in [0.1, 0.15) is 18.5 Å². The monoisotopic (exact) mass is 267 g/mol. The van der Waals surface area contributed by atoms with Gasteiger partial charge in [-0.2, -0.15) is 0 Å². The molecule has 4 nitrogen and oxygen atoms in total. The molecule has 0 spiro atoms. The minimum Gasteiger partial charge on any atom is -0.494 e. The maximum absolute atomic E-state index is 13.4. The first-order chi connectivity index (χ1) is 9.10. The normalized spacial score (nSPS) is 19.4. The van der Waals surface area contributed by atoms with Crippen LogP contribution in [0.4, 0.5) is 4.39 Å². The first kappa shape index (κ1) is 14.2. The zero-order valence-corrected chi connectivity index (χ0v) is 11.8. The Hall–Kier alpha value is -1.17. The van der Waals surface area contributed by atoms with Gasteiger partial charge in [0.25, 0.3) is 0 Å². The van der Waals surface area contributed by atoms with Crippen molar-refractivity contribution in [3.8, 4) is 5.75 Å². The number of rotatable bonds is 4. The molecule has 0 bridgehead atoms. The van der Waals surface area contributed by atoms with Crippen molar-refractivity contribution in [2.24, 2.45) is 0 Å². The van der Waals surface area contributed by atoms with E-state index in [1.807, 2.05) is 0 Å². The van der Waals surface area contributed by atoms with Gasteiger partial charge in [0.05, 0.1) is 7.11 Å². The molecular weight excluding hydrogens is 245 g/mol. The van der Waals surface area contributed by atoms with Gasteiger partial charge in [-0.1, -0.05) is 6.07 Å². The second-order valence-corrected chi connectivity index (χ2v) is 5.04. The number of nitrogens with one attached hydrogen (secondary N) is 1. The Morgan fingerprint density at radius 3 is 2.58 bits per heavy atom. The number of nitrogens with zero attached hydrogens (tertiary/aromatic N) is 2. The average molecular weight is 267 g/mol. The third-order valence-electron chi connectivity index (χ3n) is 3.55. The second-order valence-electron chi connectivity index (χ2n) is 5.04. The van der Waals surface area contributed by atoms with Gasteiger partial charge in [-0.15, -0.1) is 0 Å². The van der Waals surface area contributed by atoms with E-state index in [1.165, 1.54) is 13.2 Å². The standard InChI is InChI=1S/C14H22FN3O/c1-11(16-18-8-6-17(2)7-9-18)12-4-5-13(15)14(10-12)19-3/h4-5,10-11,16H,6-9H2,1-3H3. The smallest absolute Gasteiger partial charge is 0.165 e. The maximum Gasteiger partial charge on any atom is 0.165 e. The third kappa shape index (κ3) is 3.65. The fourth-order valence-corrected chi connectivity index (χ4v) is 2.23. The fourth-order valence-electron chi connectivity index (χ4n) is 2.23. The van der Waals surface area contributed by atoms with Crippen molar-refractivity contribution in [2.75, 3.05) is 40.3 Å². The molecule has 0 aromatic heterocycles. The molecule has 1 aromatic rings. The molecule has 19 heavy (non-hydrogen) atoms. The quantitative estimate of drug-likeness (QED) is 0.897. The van der Waals surface area contributed by atoms with Gasteiger partial charge in [0.15, 0.2) is 11.6 Å². The molecular formula is C14H22FN3O. The van der Waals surface area contributed by atoms with Crippen LogP contribution in [0.15, 0.2) is 18.2 Å². The Morgan fingerprint density at radius 1 is 1.26 bits per heavy atom. The van der Waals surface area contributed by atoms with Crippen molar-refractivity contribution in [1.29, 1.82) is 0 Å². The summed E-state index contributed by atoms with van der Waals surface area (Å²) < 4.78 is 18.4. The topological polar surface area (TPSA) is 27.7 Å². The Bertz CT molecular complexity index is 419. The first-order valence-corrected chi connectivity index (χ1v) is 6.63. The zero-order valence-electron chi connectivity index (χ0n) is 11.8. The molecule has 106 valence electrons. The molecule has 0 saturated carbocycles. The number of hydrogen-bond donors (Lipinski definition) is 1. The Kier molecular flexibility index (Phi) is 4.74. The second kappa shape index (κ2) is 6.32. The molecule has 2 rings (SSSR count). The van der Waals surface area contributed by atoms with E-state index < -0.39 is 0 Å². The summed E-state index contributed by atoms with van der Waals surface area (Å²) in [5.74, 6) is -0.0254. The molecule has 1 N–H and O–H groups in total. The first-order valence-electron chi connectivity index (χ1n) is 6.63. The summed E-state index contributed by atoms with van der Waals surface area (Å²) in [6, 6.07) is 5.14. The van der Waals surface area contributed by atoms with Gasteiger partial charge < -0.3 is 9.64 Å². The number of benzene rings is 1. The number of hydrogen-bond acceptors (Lipinski definition) is 4. The van der Waals surface area contributed by atoms with Gasteiger partial charge in [0.2, 0.25) is 0 Å². The Balaban J connectivity index is 1.97. The molecule has 1 atom stereocenters. The van der Waals surface area contributed by atoms with Gasteiger partial charge in [-0.05, 0) is 31.7 Å². The van der Waals surface area contributed by atoms with Crippen LogP contribution in [0.3, 0.4) is 0 Å². The fraction of sp³-hybridized carbons (Fsp3) is 0.571. The van der Waals surface area contributed by atoms with Crippen molar-refractivity contribution >= 4 is 0 Å². The summed E-state index contributed by atoms with van der Waals surface area (Å²) in [4.78, 5) is 2.31. The van der Waals surface area contributed by atoms with Crippen LogP contribution in [0.25, 0.3) is 0 Å². The Morgan fingerprint density at radius 2 is 1.95 bits per heavy atom. The third-order valence-corrected chi connectivity index (χ3v) is 3.55. The van der Waals surface area contributed by atoms with Crippen LogP contribution in [-0.4, -0.2) is 50.2 Å². The molecule has 1 aliphatic rings. The SMILES string of the molecule is COc1cc(C(C)NN2CCN(C)CC2)ccc1F. The summed E-state index contributed by atoms with van der Waals surface area (Å²) >= 11 is 0. The predicted molar refractivity (Wildman–Crippen MR) is 73.6 cm³/mol. The summed E-state index contributed by atoms with van der Waals surface area (Å²) in [5, 5.41) is 2.22. The summed E-state index contributed by atoms with van der Waals surface area (Å²) in [5.41, 5.74) is 4.48. The molecule has 1 unspecified atom stereocenters. The van der Waals surface area contributed by atoms with Crippen LogP contribution in [-0.2, 0) is 0 Å². The lowest BCUT2D eigenvalue weighted by Gasteiger charge is -2.34. The van der Waals surface area contributed by atoms with E-state index in [4.69, 9.17) is 4.74 Å². The molecule has 1 fully saturated rings. The van der Waals surface area contributed by atoms with Crippen molar-refractivity contribution in [2.45, 2.75) is 13.0 Å². The number of methoxy groups -OCH3 is 1. The molecule has 0 amide bonds. The maximum atomic E-state index is 13.4. The summed E-state index contributed by atoms with van der Waals surface area (Å²) in [6.07, 6.45) is 0. The summed E-state index contributed by atoms with van der Waals surface area (Å²) in [7, 11) is 3.62. The number of ether oxygens (including phenoxy) is 1. The van der Waals surface area contributed by atoms with Crippen molar-refractivity contribution < 1.29 is 9.13 Å². The van der Waals surface area contributed by atoms with E-state index in [-0.39, 0.29) is 11.9 Å². The number of halogens is 1. The average Bonchev–Trinajstić information content (AvgIpc) is 2.42. The van der Waals surface area contributed by atoms with Crippen molar-refractivity contribution in [3.63, 3.8) is 0 Å². The van der Waals surface area contributed by atoms with Crippen molar-refractivity contribution in [1.82, 2.24) is 15.3 Å².